The van der Waals surface area contributed by atoms with Crippen LogP contribution >= 0.6 is 23.2 Å². The Kier molecular flexibility index (Phi) is 9.75. The highest BCUT2D eigenvalue weighted by molar-refractivity contribution is 6.34. The highest BCUT2D eigenvalue weighted by atomic mass is 35.5. The van der Waals surface area contributed by atoms with Crippen molar-refractivity contribution >= 4 is 23.2 Å². The molecule has 0 bridgehead atoms. The number of aliphatic hydroxyl groups excluding tert-OH is 1. The van der Waals surface area contributed by atoms with Crippen LogP contribution in [0.3, 0.4) is 0 Å². The number of aliphatic hydroxyl groups is 1. The smallest absolute Gasteiger partial charge is 0.161 e. The van der Waals surface area contributed by atoms with Crippen LogP contribution in [0.15, 0.2) is 36.4 Å². The molecule has 1 fully saturated rings. The Morgan fingerprint density at radius 3 is 2.44 bits per heavy atom. The maximum Gasteiger partial charge on any atom is 0.161 e. The molecule has 2 aromatic carbocycles. The average Bonchev–Trinajstić information content (AvgIpc) is 3.26. The number of halogens is 2. The Hall–Kier alpha value is -1.70. The molecule has 6 nitrogen and oxygen atoms in total. The van der Waals surface area contributed by atoms with E-state index in [0.29, 0.717) is 35.5 Å². The molecule has 3 rings (SSSR count). The van der Waals surface area contributed by atoms with Crippen molar-refractivity contribution < 1.29 is 19.3 Å². The lowest BCUT2D eigenvalue weighted by Gasteiger charge is -2.22. The van der Waals surface area contributed by atoms with Gasteiger partial charge in [-0.05, 0) is 68.9 Å². The number of ether oxygens (including phenoxy) is 3. The second kappa shape index (κ2) is 12.5. The van der Waals surface area contributed by atoms with Crippen molar-refractivity contribution in [3.63, 3.8) is 0 Å². The number of methoxy groups -OCH3 is 1. The number of likely N-dealkylation sites (N-methyl/N-ethyl adjacent to an activating group) is 1. The van der Waals surface area contributed by atoms with E-state index in [1.165, 1.54) is 12.8 Å². The van der Waals surface area contributed by atoms with Gasteiger partial charge in [0.1, 0.15) is 25.1 Å². The SMILES string of the molecule is COc1cc(CN(C)CC(O)COc2cc(Cl)cc(Cl)c2)ccc1OCCN1CCCC1. The molecule has 2 aromatic rings. The van der Waals surface area contributed by atoms with Gasteiger partial charge in [0.15, 0.2) is 11.5 Å². The maximum atomic E-state index is 10.3. The van der Waals surface area contributed by atoms with E-state index in [4.69, 9.17) is 37.4 Å². The van der Waals surface area contributed by atoms with Crippen molar-refractivity contribution in [1.29, 1.82) is 0 Å². The van der Waals surface area contributed by atoms with Crippen molar-refractivity contribution in [2.75, 3.05) is 53.6 Å². The van der Waals surface area contributed by atoms with Gasteiger partial charge in [-0.15, -0.1) is 0 Å². The van der Waals surface area contributed by atoms with E-state index in [1.54, 1.807) is 25.3 Å². The molecule has 1 aliphatic rings. The van der Waals surface area contributed by atoms with Gasteiger partial charge in [0, 0.05) is 29.7 Å². The second-order valence-electron chi connectivity index (χ2n) is 8.15. The predicted octanol–water partition coefficient (Wildman–Crippen LogP) is 4.35. The Balaban J connectivity index is 1.45. The average molecular weight is 483 g/mol. The molecule has 1 aliphatic heterocycles. The van der Waals surface area contributed by atoms with Crippen molar-refractivity contribution in [1.82, 2.24) is 9.80 Å². The minimum Gasteiger partial charge on any atom is -0.493 e. The molecule has 1 N–H and O–H groups in total. The number of hydrogen-bond acceptors (Lipinski definition) is 6. The Bertz CT molecular complexity index is 842. The first-order valence-corrected chi connectivity index (χ1v) is 11.7. The van der Waals surface area contributed by atoms with E-state index in [1.807, 2.05) is 30.1 Å². The minimum atomic E-state index is -0.659. The topological polar surface area (TPSA) is 54.4 Å². The molecule has 0 amide bonds. The van der Waals surface area contributed by atoms with Crippen molar-refractivity contribution in [2.45, 2.75) is 25.5 Å². The summed E-state index contributed by atoms with van der Waals surface area (Å²) in [6.07, 6.45) is 1.90. The second-order valence-corrected chi connectivity index (χ2v) is 9.02. The van der Waals surface area contributed by atoms with Gasteiger partial charge in [-0.2, -0.15) is 0 Å². The largest absolute Gasteiger partial charge is 0.493 e. The van der Waals surface area contributed by atoms with Crippen LogP contribution in [0, 0.1) is 0 Å². The summed E-state index contributed by atoms with van der Waals surface area (Å²) in [5.74, 6) is 2.01. The molecule has 0 spiro atoms. The standard InChI is InChI=1S/C24H32Cl2N2O4/c1-27(16-21(29)17-32-22-13-19(25)12-20(26)14-22)15-18-5-6-23(24(11-18)30-2)31-10-9-28-7-3-4-8-28/h5-6,11-14,21,29H,3-4,7-10,15-17H2,1-2H3. The molecule has 1 saturated heterocycles. The van der Waals surface area contributed by atoms with Gasteiger partial charge in [-0.1, -0.05) is 29.3 Å². The van der Waals surface area contributed by atoms with Crippen LogP contribution in [-0.2, 0) is 6.54 Å². The van der Waals surface area contributed by atoms with Crippen LogP contribution in [0.1, 0.15) is 18.4 Å². The molecule has 176 valence electrons. The zero-order valence-corrected chi connectivity index (χ0v) is 20.2. The van der Waals surface area contributed by atoms with Gasteiger partial charge in [0.05, 0.1) is 7.11 Å². The Morgan fingerprint density at radius 2 is 1.75 bits per heavy atom. The molecular weight excluding hydrogens is 451 g/mol. The lowest BCUT2D eigenvalue weighted by Crippen LogP contribution is -2.32. The van der Waals surface area contributed by atoms with Gasteiger partial charge in [-0.3, -0.25) is 9.80 Å². The fourth-order valence-corrected chi connectivity index (χ4v) is 4.32. The third kappa shape index (κ3) is 8.01. The fraction of sp³-hybridized carbons (Fsp3) is 0.500. The molecule has 8 heteroatoms. The predicted molar refractivity (Wildman–Crippen MR) is 128 cm³/mol. The summed E-state index contributed by atoms with van der Waals surface area (Å²) < 4.78 is 17.1. The molecule has 1 atom stereocenters. The van der Waals surface area contributed by atoms with E-state index < -0.39 is 6.10 Å². The zero-order chi connectivity index (χ0) is 22.9. The Morgan fingerprint density at radius 1 is 1.03 bits per heavy atom. The van der Waals surface area contributed by atoms with Gasteiger partial charge in [0.25, 0.3) is 0 Å². The van der Waals surface area contributed by atoms with Crippen molar-refractivity contribution in [2.24, 2.45) is 0 Å². The minimum absolute atomic E-state index is 0.147. The number of nitrogens with zero attached hydrogens (tertiary/aromatic N) is 2. The summed E-state index contributed by atoms with van der Waals surface area (Å²) in [6.45, 7) is 5.17. The van der Waals surface area contributed by atoms with Crippen LogP contribution < -0.4 is 14.2 Å². The van der Waals surface area contributed by atoms with Crippen molar-refractivity contribution in [3.05, 3.63) is 52.0 Å². The van der Waals surface area contributed by atoms with E-state index in [2.05, 4.69) is 4.90 Å². The molecule has 0 aromatic heterocycles. The summed E-state index contributed by atoms with van der Waals surface area (Å²) >= 11 is 12.0. The van der Waals surface area contributed by atoms with E-state index in [9.17, 15) is 5.11 Å². The molecule has 1 unspecified atom stereocenters. The van der Waals surface area contributed by atoms with Crippen LogP contribution in [0.4, 0.5) is 0 Å². The molecule has 1 heterocycles. The van der Waals surface area contributed by atoms with Gasteiger partial charge in [-0.25, -0.2) is 0 Å². The summed E-state index contributed by atoms with van der Waals surface area (Å²) in [5, 5.41) is 11.3. The lowest BCUT2D eigenvalue weighted by atomic mass is 10.2. The first-order chi connectivity index (χ1) is 15.4. The van der Waals surface area contributed by atoms with Gasteiger partial charge in [0.2, 0.25) is 0 Å². The van der Waals surface area contributed by atoms with E-state index in [-0.39, 0.29) is 6.61 Å². The van der Waals surface area contributed by atoms with Crippen LogP contribution in [0.25, 0.3) is 0 Å². The molecule has 0 aliphatic carbocycles. The van der Waals surface area contributed by atoms with Crippen LogP contribution in [-0.4, -0.2) is 74.6 Å². The summed E-state index contributed by atoms with van der Waals surface area (Å²) in [6, 6.07) is 10.9. The number of likely N-dealkylation sites (tertiary alicyclic amines) is 1. The van der Waals surface area contributed by atoms with Gasteiger partial charge < -0.3 is 19.3 Å². The summed E-state index contributed by atoms with van der Waals surface area (Å²) in [4.78, 5) is 4.45. The van der Waals surface area contributed by atoms with E-state index >= 15 is 0 Å². The number of benzene rings is 2. The molecule has 0 saturated carbocycles. The highest BCUT2D eigenvalue weighted by Gasteiger charge is 2.14. The quantitative estimate of drug-likeness (QED) is 0.485. The molecule has 32 heavy (non-hydrogen) atoms. The third-order valence-electron chi connectivity index (χ3n) is 5.35. The van der Waals surface area contributed by atoms with E-state index in [0.717, 1.165) is 36.7 Å². The van der Waals surface area contributed by atoms with Crippen molar-refractivity contribution in [3.8, 4) is 17.2 Å². The lowest BCUT2D eigenvalue weighted by molar-refractivity contribution is 0.0744. The third-order valence-corrected chi connectivity index (χ3v) is 5.78. The highest BCUT2D eigenvalue weighted by Crippen LogP contribution is 2.29. The number of rotatable bonds is 12. The number of hydrogen-bond donors (Lipinski definition) is 1. The molecule has 0 radical (unpaired) electrons. The fourth-order valence-electron chi connectivity index (χ4n) is 3.81. The van der Waals surface area contributed by atoms with Crippen LogP contribution in [0.2, 0.25) is 10.0 Å². The molecular formula is C24H32Cl2N2O4. The first kappa shape index (κ1) is 24.9. The van der Waals surface area contributed by atoms with Gasteiger partial charge >= 0.3 is 0 Å². The monoisotopic (exact) mass is 482 g/mol. The summed E-state index contributed by atoms with van der Waals surface area (Å²) in [7, 11) is 3.60. The Labute approximate surface area is 200 Å². The normalized spacial score (nSPS) is 15.2. The zero-order valence-electron chi connectivity index (χ0n) is 18.7. The van der Waals surface area contributed by atoms with Crippen LogP contribution in [0.5, 0.6) is 17.2 Å². The summed E-state index contributed by atoms with van der Waals surface area (Å²) in [5.41, 5.74) is 1.07. The maximum absolute atomic E-state index is 10.3. The first-order valence-electron chi connectivity index (χ1n) is 10.9.